The first-order valence-electron chi connectivity index (χ1n) is 7.74. The van der Waals surface area contributed by atoms with Crippen LogP contribution in [0.2, 0.25) is 0 Å². The first-order chi connectivity index (χ1) is 7.74. The van der Waals surface area contributed by atoms with Crippen molar-refractivity contribution in [3.8, 4) is 0 Å². The maximum atomic E-state index is 2.48. The third-order valence-corrected chi connectivity index (χ3v) is 6.07. The van der Waals surface area contributed by atoms with E-state index in [4.69, 9.17) is 0 Å². The molecule has 0 heterocycles. The van der Waals surface area contributed by atoms with Crippen molar-refractivity contribution in [2.45, 2.75) is 65.2 Å². The van der Waals surface area contributed by atoms with E-state index in [0.29, 0.717) is 0 Å². The summed E-state index contributed by atoms with van der Waals surface area (Å²) in [6, 6.07) is 0. The molecule has 3 aliphatic carbocycles. The van der Waals surface area contributed by atoms with Gasteiger partial charge in [0, 0.05) is 0 Å². The zero-order valence-corrected chi connectivity index (χ0v) is 11.1. The zero-order chi connectivity index (χ0) is 11.1. The first kappa shape index (κ1) is 11.1. The SMILES string of the molecule is C[C@@H]1CCC2C(CCC3C[C@H](C)CCC32)C1. The van der Waals surface area contributed by atoms with Gasteiger partial charge in [-0.25, -0.2) is 0 Å². The Balaban J connectivity index is 1.71. The van der Waals surface area contributed by atoms with Crippen LogP contribution in [0, 0.1) is 35.5 Å². The van der Waals surface area contributed by atoms with Crippen molar-refractivity contribution in [3.05, 3.63) is 0 Å². The van der Waals surface area contributed by atoms with Crippen LogP contribution in [0.15, 0.2) is 0 Å². The molecular formula is C16H28. The van der Waals surface area contributed by atoms with E-state index in [2.05, 4.69) is 13.8 Å². The van der Waals surface area contributed by atoms with Crippen LogP contribution in [-0.2, 0) is 0 Å². The molecule has 0 amide bonds. The van der Waals surface area contributed by atoms with Crippen LogP contribution in [0.5, 0.6) is 0 Å². The van der Waals surface area contributed by atoms with E-state index in [-0.39, 0.29) is 0 Å². The zero-order valence-electron chi connectivity index (χ0n) is 11.1. The van der Waals surface area contributed by atoms with Crippen molar-refractivity contribution in [3.63, 3.8) is 0 Å². The monoisotopic (exact) mass is 220 g/mol. The molecule has 0 radical (unpaired) electrons. The highest BCUT2D eigenvalue weighted by molar-refractivity contribution is 4.93. The third-order valence-electron chi connectivity index (χ3n) is 6.07. The lowest BCUT2D eigenvalue weighted by molar-refractivity contribution is 0.00266. The smallest absolute Gasteiger partial charge is 0.0355 e. The van der Waals surface area contributed by atoms with E-state index in [1.807, 2.05) is 0 Å². The van der Waals surface area contributed by atoms with Crippen molar-refractivity contribution in [1.29, 1.82) is 0 Å². The number of fused-ring (bicyclic) bond motifs is 3. The second-order valence-corrected chi connectivity index (χ2v) is 7.26. The minimum Gasteiger partial charge on any atom is -0.0625 e. The fourth-order valence-corrected chi connectivity index (χ4v) is 5.26. The van der Waals surface area contributed by atoms with E-state index >= 15 is 0 Å². The topological polar surface area (TPSA) is 0 Å². The van der Waals surface area contributed by atoms with Gasteiger partial charge < -0.3 is 0 Å². The molecule has 3 rings (SSSR count). The minimum absolute atomic E-state index is 1.03. The maximum Gasteiger partial charge on any atom is -0.0355 e. The molecule has 3 fully saturated rings. The van der Waals surface area contributed by atoms with E-state index in [9.17, 15) is 0 Å². The van der Waals surface area contributed by atoms with Crippen LogP contribution < -0.4 is 0 Å². The number of hydrogen-bond donors (Lipinski definition) is 0. The average Bonchev–Trinajstić information content (AvgIpc) is 2.28. The van der Waals surface area contributed by atoms with E-state index < -0.39 is 0 Å². The van der Waals surface area contributed by atoms with Crippen LogP contribution >= 0.6 is 0 Å². The standard InChI is InChI=1S/C16H28/c1-11-3-7-15-13(9-11)5-6-14-10-12(2)4-8-16(14)15/h11-16H,3-10H2,1-2H3/t11-,12-,13?,14?,15?,16?/m1/s1. The molecule has 0 aromatic heterocycles. The van der Waals surface area contributed by atoms with Crippen molar-refractivity contribution < 1.29 is 0 Å². The van der Waals surface area contributed by atoms with Gasteiger partial charge in [0.2, 0.25) is 0 Å². The van der Waals surface area contributed by atoms with Gasteiger partial charge in [0.25, 0.3) is 0 Å². The third kappa shape index (κ3) is 1.93. The normalized spacial score (nSPS) is 52.9. The predicted octanol–water partition coefficient (Wildman–Crippen LogP) is 4.89. The van der Waals surface area contributed by atoms with E-state index in [0.717, 1.165) is 35.5 Å². The summed E-state index contributed by atoms with van der Waals surface area (Å²) in [6.45, 7) is 4.95. The molecule has 0 N–H and O–H groups in total. The summed E-state index contributed by atoms with van der Waals surface area (Å²) in [5, 5.41) is 0. The quantitative estimate of drug-likeness (QED) is 0.545. The van der Waals surface area contributed by atoms with Gasteiger partial charge in [-0.1, -0.05) is 26.7 Å². The summed E-state index contributed by atoms with van der Waals surface area (Å²) >= 11 is 0. The van der Waals surface area contributed by atoms with Gasteiger partial charge >= 0.3 is 0 Å². The Morgan fingerprint density at radius 2 is 1.00 bits per heavy atom. The van der Waals surface area contributed by atoms with Crippen molar-refractivity contribution in [1.82, 2.24) is 0 Å². The fourth-order valence-electron chi connectivity index (χ4n) is 5.26. The molecule has 3 saturated carbocycles. The largest absolute Gasteiger partial charge is 0.0625 e. The molecule has 0 nitrogen and oxygen atoms in total. The Hall–Kier alpha value is 0. The van der Waals surface area contributed by atoms with Crippen molar-refractivity contribution in [2.24, 2.45) is 35.5 Å². The molecule has 6 atom stereocenters. The van der Waals surface area contributed by atoms with Gasteiger partial charge in [-0.2, -0.15) is 0 Å². The predicted molar refractivity (Wildman–Crippen MR) is 69.2 cm³/mol. The number of rotatable bonds is 0. The molecular weight excluding hydrogens is 192 g/mol. The molecule has 16 heavy (non-hydrogen) atoms. The van der Waals surface area contributed by atoms with Gasteiger partial charge in [-0.05, 0) is 74.0 Å². The summed E-state index contributed by atoms with van der Waals surface area (Å²) in [7, 11) is 0. The van der Waals surface area contributed by atoms with Gasteiger partial charge in [0.1, 0.15) is 0 Å². The molecule has 0 spiro atoms. The Morgan fingerprint density at radius 3 is 1.44 bits per heavy atom. The van der Waals surface area contributed by atoms with Gasteiger partial charge in [-0.3, -0.25) is 0 Å². The lowest BCUT2D eigenvalue weighted by Crippen LogP contribution is -2.40. The molecule has 0 bridgehead atoms. The van der Waals surface area contributed by atoms with Gasteiger partial charge in [0.15, 0.2) is 0 Å². The first-order valence-corrected chi connectivity index (χ1v) is 7.74. The van der Waals surface area contributed by atoms with Crippen LogP contribution in [0.3, 0.4) is 0 Å². The van der Waals surface area contributed by atoms with Crippen LogP contribution in [-0.4, -0.2) is 0 Å². The molecule has 0 saturated heterocycles. The second kappa shape index (κ2) is 4.35. The molecule has 0 heteroatoms. The second-order valence-electron chi connectivity index (χ2n) is 7.26. The Morgan fingerprint density at radius 1 is 0.562 bits per heavy atom. The van der Waals surface area contributed by atoms with Crippen molar-refractivity contribution in [2.75, 3.05) is 0 Å². The van der Waals surface area contributed by atoms with Gasteiger partial charge in [0.05, 0.1) is 0 Å². The minimum atomic E-state index is 1.03. The van der Waals surface area contributed by atoms with Crippen LogP contribution in [0.25, 0.3) is 0 Å². The van der Waals surface area contributed by atoms with E-state index in [1.54, 1.807) is 38.5 Å². The fraction of sp³-hybridized carbons (Fsp3) is 1.00. The van der Waals surface area contributed by atoms with Crippen molar-refractivity contribution >= 4 is 0 Å². The molecule has 0 aliphatic heterocycles. The molecule has 0 aromatic carbocycles. The highest BCUT2D eigenvalue weighted by Gasteiger charge is 2.43. The van der Waals surface area contributed by atoms with Crippen LogP contribution in [0.1, 0.15) is 65.2 Å². The Labute approximate surface area is 101 Å². The average molecular weight is 220 g/mol. The summed E-state index contributed by atoms with van der Waals surface area (Å²) in [5.41, 5.74) is 0. The summed E-state index contributed by atoms with van der Waals surface area (Å²) < 4.78 is 0. The highest BCUT2D eigenvalue weighted by atomic mass is 14.5. The highest BCUT2D eigenvalue weighted by Crippen LogP contribution is 2.53. The Kier molecular flexibility index (Phi) is 3.02. The Bertz CT molecular complexity index is 218. The van der Waals surface area contributed by atoms with E-state index in [1.165, 1.54) is 12.8 Å². The molecule has 92 valence electrons. The van der Waals surface area contributed by atoms with Crippen LogP contribution in [0.4, 0.5) is 0 Å². The summed E-state index contributed by atoms with van der Waals surface area (Å²) in [6.07, 6.45) is 12.5. The lowest BCUT2D eigenvalue weighted by atomic mass is 9.55. The molecule has 3 aliphatic rings. The summed E-state index contributed by atoms with van der Waals surface area (Å²) in [5.74, 6) is 6.59. The lowest BCUT2D eigenvalue weighted by Gasteiger charge is -2.50. The number of hydrogen-bond acceptors (Lipinski definition) is 0. The molecule has 4 unspecified atom stereocenters. The molecule has 0 aromatic rings. The maximum absolute atomic E-state index is 2.48. The van der Waals surface area contributed by atoms with Gasteiger partial charge in [-0.15, -0.1) is 0 Å². The summed E-state index contributed by atoms with van der Waals surface area (Å²) in [4.78, 5) is 0.